The van der Waals surface area contributed by atoms with Crippen LogP contribution in [0.3, 0.4) is 0 Å². The minimum absolute atomic E-state index is 0.437. The van der Waals surface area contributed by atoms with Gasteiger partial charge in [-0.3, -0.25) is 0 Å². The highest BCUT2D eigenvalue weighted by Crippen LogP contribution is 2.29. The van der Waals surface area contributed by atoms with Crippen molar-refractivity contribution in [1.29, 1.82) is 0 Å². The predicted octanol–water partition coefficient (Wildman–Crippen LogP) is 2.53. The Morgan fingerprint density at radius 2 is 2.13 bits per heavy atom. The molecule has 2 aromatic heterocycles. The molecular weight excluding hydrogens is 290 g/mol. The minimum Gasteiger partial charge on any atom is -0.392 e. The third-order valence-corrected chi connectivity index (χ3v) is 4.46. The Hall–Kier alpha value is -1.95. The Balaban J connectivity index is 1.98. The number of hydrogen-bond donors (Lipinski definition) is 1. The molecule has 0 radical (unpaired) electrons. The van der Waals surface area contributed by atoms with Gasteiger partial charge in [-0.25, -0.2) is 15.0 Å². The molecule has 6 heteroatoms. The highest BCUT2D eigenvalue weighted by Gasteiger charge is 2.24. The lowest BCUT2D eigenvalue weighted by atomic mass is 9.94. The highest BCUT2D eigenvalue weighted by atomic mass is 16.3. The number of imidazole rings is 1. The van der Waals surface area contributed by atoms with Gasteiger partial charge < -0.3 is 14.6 Å². The van der Waals surface area contributed by atoms with Crippen LogP contribution in [0.1, 0.15) is 39.0 Å². The molecule has 1 unspecified atom stereocenters. The van der Waals surface area contributed by atoms with Gasteiger partial charge >= 0.3 is 0 Å². The Bertz CT molecular complexity index is 660. The van der Waals surface area contributed by atoms with Crippen LogP contribution in [0.5, 0.6) is 0 Å². The van der Waals surface area contributed by atoms with E-state index in [0.717, 1.165) is 23.5 Å². The molecule has 1 saturated carbocycles. The molecule has 6 nitrogen and oxygen atoms in total. The van der Waals surface area contributed by atoms with E-state index in [1.165, 1.54) is 32.1 Å². The molecule has 0 bridgehead atoms. The standard InChI is InChI=1S/C17H25N5O/c1-3-9-22(14-7-5-4-6-8-14)17-15-16(18-11-19-17)21(12-20-15)10-13(2)23/h3,11-14,23H,1,4-10H2,2H3. The summed E-state index contributed by atoms with van der Waals surface area (Å²) in [5, 5.41) is 9.63. The summed E-state index contributed by atoms with van der Waals surface area (Å²) >= 11 is 0. The quantitative estimate of drug-likeness (QED) is 0.830. The van der Waals surface area contributed by atoms with Gasteiger partial charge in [-0.15, -0.1) is 6.58 Å². The molecular formula is C17H25N5O. The molecule has 0 spiro atoms. The van der Waals surface area contributed by atoms with Crippen LogP contribution in [0.2, 0.25) is 0 Å². The summed E-state index contributed by atoms with van der Waals surface area (Å²) in [4.78, 5) is 15.7. The number of hydrogen-bond acceptors (Lipinski definition) is 5. The van der Waals surface area contributed by atoms with Crippen molar-refractivity contribution in [3.05, 3.63) is 25.3 Å². The van der Waals surface area contributed by atoms with E-state index in [4.69, 9.17) is 0 Å². The Morgan fingerprint density at radius 1 is 1.35 bits per heavy atom. The number of anilines is 1. The molecule has 3 rings (SSSR count). The van der Waals surface area contributed by atoms with Gasteiger partial charge in [0.2, 0.25) is 0 Å². The zero-order valence-corrected chi connectivity index (χ0v) is 13.7. The fraction of sp³-hybridized carbons (Fsp3) is 0.588. The second kappa shape index (κ2) is 7.08. The Labute approximate surface area is 136 Å². The summed E-state index contributed by atoms with van der Waals surface area (Å²) in [7, 11) is 0. The second-order valence-corrected chi connectivity index (χ2v) is 6.35. The normalized spacial score (nSPS) is 17.3. The van der Waals surface area contributed by atoms with E-state index in [0.29, 0.717) is 12.6 Å². The Morgan fingerprint density at radius 3 is 2.83 bits per heavy atom. The van der Waals surface area contributed by atoms with Crippen LogP contribution in [-0.2, 0) is 6.54 Å². The molecule has 2 heterocycles. The van der Waals surface area contributed by atoms with Crippen molar-refractivity contribution < 1.29 is 5.11 Å². The second-order valence-electron chi connectivity index (χ2n) is 6.35. The number of aliphatic hydroxyl groups excluding tert-OH is 1. The first-order valence-electron chi connectivity index (χ1n) is 8.42. The van der Waals surface area contributed by atoms with E-state index in [9.17, 15) is 5.11 Å². The topological polar surface area (TPSA) is 67.1 Å². The first-order valence-corrected chi connectivity index (χ1v) is 8.42. The van der Waals surface area contributed by atoms with Crippen molar-refractivity contribution in [3.8, 4) is 0 Å². The van der Waals surface area contributed by atoms with Crippen LogP contribution >= 0.6 is 0 Å². The average molecular weight is 315 g/mol. The molecule has 0 aliphatic heterocycles. The van der Waals surface area contributed by atoms with E-state index >= 15 is 0 Å². The van der Waals surface area contributed by atoms with Gasteiger partial charge in [0.15, 0.2) is 17.0 Å². The summed E-state index contributed by atoms with van der Waals surface area (Å²) < 4.78 is 1.89. The molecule has 0 saturated heterocycles. The summed E-state index contributed by atoms with van der Waals surface area (Å²) in [5.74, 6) is 0.881. The molecule has 1 N–H and O–H groups in total. The largest absolute Gasteiger partial charge is 0.392 e. The van der Waals surface area contributed by atoms with E-state index < -0.39 is 6.10 Å². The van der Waals surface area contributed by atoms with E-state index in [2.05, 4.69) is 26.4 Å². The van der Waals surface area contributed by atoms with Crippen LogP contribution in [0.15, 0.2) is 25.3 Å². The summed E-state index contributed by atoms with van der Waals surface area (Å²) in [5.41, 5.74) is 1.58. The molecule has 0 amide bonds. The first kappa shape index (κ1) is 15.9. The SMILES string of the molecule is C=CCN(c1ncnc2c1ncn2CC(C)O)C1CCCCC1. The van der Waals surface area contributed by atoms with Gasteiger partial charge in [-0.1, -0.05) is 25.3 Å². The molecule has 0 aromatic carbocycles. The van der Waals surface area contributed by atoms with Crippen molar-refractivity contribution in [2.45, 2.75) is 57.7 Å². The lowest BCUT2D eigenvalue weighted by Gasteiger charge is -2.34. The number of aromatic nitrogens is 4. The fourth-order valence-corrected chi connectivity index (χ4v) is 3.44. The van der Waals surface area contributed by atoms with Crippen LogP contribution in [0, 0.1) is 0 Å². The molecule has 124 valence electrons. The van der Waals surface area contributed by atoms with Gasteiger partial charge in [0.05, 0.1) is 19.0 Å². The summed E-state index contributed by atoms with van der Waals surface area (Å²) in [6.07, 6.45) is 11.1. The number of rotatable bonds is 6. The molecule has 1 aliphatic carbocycles. The minimum atomic E-state index is -0.437. The van der Waals surface area contributed by atoms with E-state index in [-0.39, 0.29) is 0 Å². The molecule has 1 aliphatic rings. The van der Waals surface area contributed by atoms with Gasteiger partial charge in [-0.2, -0.15) is 0 Å². The van der Waals surface area contributed by atoms with Crippen LogP contribution in [0.4, 0.5) is 5.82 Å². The molecule has 1 fully saturated rings. The van der Waals surface area contributed by atoms with Crippen LogP contribution < -0.4 is 4.90 Å². The maximum absolute atomic E-state index is 9.63. The monoisotopic (exact) mass is 315 g/mol. The third-order valence-electron chi connectivity index (χ3n) is 4.46. The van der Waals surface area contributed by atoms with E-state index in [1.54, 1.807) is 19.6 Å². The van der Waals surface area contributed by atoms with Gasteiger partial charge in [0.25, 0.3) is 0 Å². The van der Waals surface area contributed by atoms with Gasteiger partial charge in [0, 0.05) is 12.6 Å². The van der Waals surface area contributed by atoms with Gasteiger partial charge in [0.1, 0.15) is 6.33 Å². The number of nitrogens with zero attached hydrogens (tertiary/aromatic N) is 5. The zero-order valence-electron chi connectivity index (χ0n) is 13.7. The maximum Gasteiger partial charge on any atom is 0.165 e. The van der Waals surface area contributed by atoms with E-state index in [1.807, 2.05) is 10.6 Å². The maximum atomic E-state index is 9.63. The summed E-state index contributed by atoms with van der Waals surface area (Å²) in [6.45, 7) is 6.91. The fourth-order valence-electron chi connectivity index (χ4n) is 3.44. The highest BCUT2D eigenvalue weighted by molar-refractivity contribution is 5.83. The number of fused-ring (bicyclic) bond motifs is 1. The first-order chi connectivity index (χ1) is 11.2. The molecule has 23 heavy (non-hydrogen) atoms. The lowest BCUT2D eigenvalue weighted by molar-refractivity contribution is 0.175. The van der Waals surface area contributed by atoms with Crippen molar-refractivity contribution in [2.24, 2.45) is 0 Å². The average Bonchev–Trinajstić information content (AvgIpc) is 2.96. The Kier molecular flexibility index (Phi) is 4.91. The predicted molar refractivity (Wildman–Crippen MR) is 91.4 cm³/mol. The van der Waals surface area contributed by atoms with Crippen molar-refractivity contribution in [2.75, 3.05) is 11.4 Å². The van der Waals surface area contributed by atoms with Crippen molar-refractivity contribution in [1.82, 2.24) is 19.5 Å². The van der Waals surface area contributed by atoms with Crippen LogP contribution in [-0.4, -0.2) is 43.3 Å². The smallest absolute Gasteiger partial charge is 0.165 e. The van der Waals surface area contributed by atoms with Gasteiger partial charge in [-0.05, 0) is 19.8 Å². The summed E-state index contributed by atoms with van der Waals surface area (Å²) in [6, 6.07) is 0.488. The molecule has 2 aromatic rings. The third kappa shape index (κ3) is 3.37. The molecule has 1 atom stereocenters. The van der Waals surface area contributed by atoms with Crippen molar-refractivity contribution >= 4 is 17.0 Å². The number of aliphatic hydroxyl groups is 1. The lowest BCUT2D eigenvalue weighted by Crippen LogP contribution is -2.37. The zero-order chi connectivity index (χ0) is 16.2. The van der Waals surface area contributed by atoms with Crippen molar-refractivity contribution in [3.63, 3.8) is 0 Å². The van der Waals surface area contributed by atoms with Crippen LogP contribution in [0.25, 0.3) is 11.2 Å².